The van der Waals surface area contributed by atoms with Crippen LogP contribution in [-0.2, 0) is 14.3 Å². The largest absolute Gasteiger partial charge is 0.493 e. The molecular weight excluding hydrogens is 360 g/mol. The van der Waals surface area contributed by atoms with Gasteiger partial charge in [0, 0.05) is 12.1 Å². The Hall–Kier alpha value is -3.35. The summed E-state index contributed by atoms with van der Waals surface area (Å²) in [6, 6.07) is 15.3. The highest BCUT2D eigenvalue weighted by Crippen LogP contribution is 2.19. The lowest BCUT2D eigenvalue weighted by Crippen LogP contribution is -2.42. The molecule has 0 saturated heterocycles. The standard InChI is InChI=1S/C21H24N2O5/c1-3-22-21(26)23-20(25)19(16-9-5-4-6-10-16)28-18(24)12-13-27-17-11-7-8-15(2)14-17/h4-11,14,19H,3,12-13H2,1-2H3,(H2,22,23,25,26)/t19-/m1/s1. The number of carbonyl (C=O) groups is 3. The van der Waals surface area contributed by atoms with Crippen LogP contribution in [0.3, 0.4) is 0 Å². The first-order valence-corrected chi connectivity index (χ1v) is 9.02. The van der Waals surface area contributed by atoms with E-state index in [1.807, 2.05) is 25.1 Å². The number of rotatable bonds is 8. The zero-order chi connectivity index (χ0) is 20.4. The summed E-state index contributed by atoms with van der Waals surface area (Å²) < 4.78 is 10.9. The van der Waals surface area contributed by atoms with Crippen molar-refractivity contribution in [3.63, 3.8) is 0 Å². The molecular formula is C21H24N2O5. The van der Waals surface area contributed by atoms with E-state index in [4.69, 9.17) is 9.47 Å². The Kier molecular flexibility index (Phi) is 8.02. The molecule has 0 fully saturated rings. The van der Waals surface area contributed by atoms with Crippen molar-refractivity contribution in [3.8, 4) is 5.75 Å². The smallest absolute Gasteiger partial charge is 0.321 e. The number of amides is 3. The molecule has 0 radical (unpaired) electrons. The average Bonchev–Trinajstić information content (AvgIpc) is 2.67. The van der Waals surface area contributed by atoms with Crippen molar-refractivity contribution in [1.82, 2.24) is 10.6 Å². The SMILES string of the molecule is CCNC(=O)NC(=O)[C@H](OC(=O)CCOc1cccc(C)c1)c1ccccc1. The van der Waals surface area contributed by atoms with Crippen LogP contribution in [0.1, 0.15) is 30.6 Å². The van der Waals surface area contributed by atoms with Gasteiger partial charge in [-0.1, -0.05) is 42.5 Å². The predicted molar refractivity (Wildman–Crippen MR) is 104 cm³/mol. The molecule has 2 aromatic rings. The molecule has 0 aliphatic rings. The van der Waals surface area contributed by atoms with Gasteiger partial charge in [-0.3, -0.25) is 14.9 Å². The minimum Gasteiger partial charge on any atom is -0.493 e. The molecule has 7 heteroatoms. The van der Waals surface area contributed by atoms with E-state index in [9.17, 15) is 14.4 Å². The lowest BCUT2D eigenvalue weighted by atomic mass is 10.1. The topological polar surface area (TPSA) is 93.7 Å². The number of aryl methyl sites for hydroxylation is 1. The number of benzene rings is 2. The maximum Gasteiger partial charge on any atom is 0.321 e. The van der Waals surface area contributed by atoms with Crippen LogP contribution in [-0.4, -0.2) is 31.1 Å². The van der Waals surface area contributed by atoms with E-state index in [1.165, 1.54) is 0 Å². The number of nitrogens with one attached hydrogen (secondary N) is 2. The van der Waals surface area contributed by atoms with Crippen LogP contribution in [0.15, 0.2) is 54.6 Å². The molecule has 3 amide bonds. The summed E-state index contributed by atoms with van der Waals surface area (Å²) in [5, 5.41) is 4.64. The summed E-state index contributed by atoms with van der Waals surface area (Å²) in [6.45, 7) is 4.15. The van der Waals surface area contributed by atoms with Gasteiger partial charge in [0.05, 0.1) is 13.0 Å². The minimum atomic E-state index is -1.23. The number of esters is 1. The zero-order valence-electron chi connectivity index (χ0n) is 15.9. The highest BCUT2D eigenvalue weighted by atomic mass is 16.6. The number of imide groups is 1. The molecule has 0 saturated carbocycles. The van der Waals surface area contributed by atoms with Gasteiger partial charge in [0.2, 0.25) is 6.10 Å². The Morgan fingerprint density at radius 2 is 1.79 bits per heavy atom. The van der Waals surface area contributed by atoms with Crippen LogP contribution in [0, 0.1) is 6.92 Å². The van der Waals surface area contributed by atoms with E-state index in [1.54, 1.807) is 43.3 Å². The van der Waals surface area contributed by atoms with Gasteiger partial charge in [-0.05, 0) is 31.5 Å². The van der Waals surface area contributed by atoms with E-state index >= 15 is 0 Å². The minimum absolute atomic E-state index is 0.0360. The van der Waals surface area contributed by atoms with Crippen LogP contribution in [0.4, 0.5) is 4.79 Å². The van der Waals surface area contributed by atoms with Gasteiger partial charge in [0.25, 0.3) is 5.91 Å². The summed E-state index contributed by atoms with van der Waals surface area (Å²) in [5.74, 6) is -0.668. The number of carbonyl (C=O) groups excluding carboxylic acids is 3. The van der Waals surface area contributed by atoms with Crippen molar-refractivity contribution in [2.45, 2.75) is 26.4 Å². The number of hydrogen-bond donors (Lipinski definition) is 2. The molecule has 0 bridgehead atoms. The van der Waals surface area contributed by atoms with Gasteiger partial charge in [0.1, 0.15) is 5.75 Å². The van der Waals surface area contributed by atoms with Gasteiger partial charge < -0.3 is 14.8 Å². The molecule has 0 aliphatic heterocycles. The average molecular weight is 384 g/mol. The summed E-state index contributed by atoms with van der Waals surface area (Å²) in [7, 11) is 0. The molecule has 0 heterocycles. The van der Waals surface area contributed by atoms with E-state index in [2.05, 4.69) is 10.6 Å². The molecule has 2 N–H and O–H groups in total. The molecule has 7 nitrogen and oxygen atoms in total. The summed E-state index contributed by atoms with van der Waals surface area (Å²) in [4.78, 5) is 36.3. The molecule has 0 unspecified atom stereocenters. The van der Waals surface area contributed by atoms with Gasteiger partial charge in [-0.25, -0.2) is 4.79 Å². The highest BCUT2D eigenvalue weighted by molar-refractivity contribution is 5.97. The lowest BCUT2D eigenvalue weighted by molar-refractivity contribution is -0.156. The van der Waals surface area contributed by atoms with Crippen molar-refractivity contribution in [2.75, 3.05) is 13.2 Å². The molecule has 2 aromatic carbocycles. The molecule has 1 atom stereocenters. The maximum absolute atomic E-state index is 12.4. The molecule has 148 valence electrons. The lowest BCUT2D eigenvalue weighted by Gasteiger charge is -2.18. The van der Waals surface area contributed by atoms with E-state index in [0.29, 0.717) is 17.9 Å². The van der Waals surface area contributed by atoms with Gasteiger partial charge in [-0.2, -0.15) is 0 Å². The third kappa shape index (κ3) is 6.75. The molecule has 0 spiro atoms. The monoisotopic (exact) mass is 384 g/mol. The fourth-order valence-electron chi connectivity index (χ4n) is 2.43. The van der Waals surface area contributed by atoms with Crippen LogP contribution >= 0.6 is 0 Å². The third-order valence-corrected chi connectivity index (χ3v) is 3.73. The Labute approximate surface area is 164 Å². The molecule has 28 heavy (non-hydrogen) atoms. The molecule has 2 rings (SSSR count). The normalized spacial score (nSPS) is 11.2. The maximum atomic E-state index is 12.4. The summed E-state index contributed by atoms with van der Waals surface area (Å²) >= 11 is 0. The molecule has 0 aromatic heterocycles. The van der Waals surface area contributed by atoms with Crippen LogP contribution in [0.25, 0.3) is 0 Å². The van der Waals surface area contributed by atoms with E-state index in [-0.39, 0.29) is 13.0 Å². The summed E-state index contributed by atoms with van der Waals surface area (Å²) in [5.41, 5.74) is 1.52. The van der Waals surface area contributed by atoms with Crippen LogP contribution < -0.4 is 15.4 Å². The van der Waals surface area contributed by atoms with E-state index < -0.39 is 24.0 Å². The third-order valence-electron chi connectivity index (χ3n) is 3.73. The molecule has 0 aliphatic carbocycles. The van der Waals surface area contributed by atoms with Gasteiger partial charge >= 0.3 is 12.0 Å². The van der Waals surface area contributed by atoms with Crippen LogP contribution in [0.2, 0.25) is 0 Å². The number of hydrogen-bond acceptors (Lipinski definition) is 5. The van der Waals surface area contributed by atoms with Crippen molar-refractivity contribution in [1.29, 1.82) is 0 Å². The van der Waals surface area contributed by atoms with Crippen molar-refractivity contribution in [3.05, 3.63) is 65.7 Å². The van der Waals surface area contributed by atoms with Gasteiger partial charge in [-0.15, -0.1) is 0 Å². The Balaban J connectivity index is 1.96. The van der Waals surface area contributed by atoms with E-state index in [0.717, 1.165) is 5.56 Å². The Bertz CT molecular complexity index is 807. The first-order chi connectivity index (χ1) is 13.5. The Morgan fingerprint density at radius 3 is 2.46 bits per heavy atom. The fraction of sp³-hybridized carbons (Fsp3) is 0.286. The Morgan fingerprint density at radius 1 is 1.04 bits per heavy atom. The quantitative estimate of drug-likeness (QED) is 0.683. The summed E-state index contributed by atoms with van der Waals surface area (Å²) in [6.07, 6.45) is -1.26. The van der Waals surface area contributed by atoms with Crippen LogP contribution in [0.5, 0.6) is 5.75 Å². The zero-order valence-corrected chi connectivity index (χ0v) is 15.9. The van der Waals surface area contributed by atoms with Crippen molar-refractivity contribution in [2.24, 2.45) is 0 Å². The number of urea groups is 1. The van der Waals surface area contributed by atoms with Crippen molar-refractivity contribution < 1.29 is 23.9 Å². The number of ether oxygens (including phenoxy) is 2. The van der Waals surface area contributed by atoms with Crippen molar-refractivity contribution >= 4 is 17.9 Å². The fourth-order valence-corrected chi connectivity index (χ4v) is 2.43. The first-order valence-electron chi connectivity index (χ1n) is 9.02. The second-order valence-corrected chi connectivity index (χ2v) is 6.04. The highest BCUT2D eigenvalue weighted by Gasteiger charge is 2.26. The first kappa shape index (κ1) is 21.0. The predicted octanol–water partition coefficient (Wildman–Crippen LogP) is 2.89. The second kappa shape index (κ2) is 10.7. The second-order valence-electron chi connectivity index (χ2n) is 6.04. The van der Waals surface area contributed by atoms with Gasteiger partial charge in [0.15, 0.2) is 0 Å².